The molecule has 0 aliphatic carbocycles. The normalized spacial score (nSPS) is 11.6. The minimum atomic E-state index is -3.63. The van der Waals surface area contributed by atoms with E-state index in [-0.39, 0.29) is 12.4 Å². The maximum absolute atomic E-state index is 12.8. The second kappa shape index (κ2) is 14.1. The molecule has 176 valence electrons. The van der Waals surface area contributed by atoms with Crippen molar-refractivity contribution < 1.29 is 25.4 Å². The Balaban J connectivity index is 0.00000480. The van der Waals surface area contributed by atoms with Crippen LogP contribution in [-0.2, 0) is 16.8 Å². The summed E-state index contributed by atoms with van der Waals surface area (Å²) in [7, 11) is -0.554. The first kappa shape index (κ1) is 28.0. The third-order valence-corrected chi connectivity index (χ3v) is 7.45. The molecule has 0 atom stereocenters. The average Bonchev–Trinajstić information content (AvgIpc) is 3.14. The van der Waals surface area contributed by atoms with E-state index in [4.69, 9.17) is 11.6 Å². The van der Waals surface area contributed by atoms with Crippen molar-refractivity contribution in [1.29, 1.82) is 0 Å². The molecule has 0 aliphatic rings. The molecule has 1 heterocycles. The van der Waals surface area contributed by atoms with Crippen molar-refractivity contribution in [3.63, 3.8) is 0 Å². The summed E-state index contributed by atoms with van der Waals surface area (Å²) in [5.41, 5.74) is 1.30. The van der Waals surface area contributed by atoms with E-state index >= 15 is 0 Å². The average molecular weight is 491 g/mol. The Morgan fingerprint density at radius 3 is 2.03 bits per heavy atom. The minimum absolute atomic E-state index is 0. The van der Waals surface area contributed by atoms with Crippen molar-refractivity contribution in [3.05, 3.63) is 41.8 Å². The Morgan fingerprint density at radius 2 is 1.48 bits per heavy atom. The number of unbranched alkanes of at least 4 members (excludes halogenated alkanes) is 9. The van der Waals surface area contributed by atoms with E-state index in [1.165, 1.54) is 73.7 Å². The molecule has 0 aliphatic heterocycles. The van der Waals surface area contributed by atoms with Crippen LogP contribution in [0.15, 0.2) is 36.8 Å². The number of benzene rings is 1. The summed E-state index contributed by atoms with van der Waals surface area (Å²) in [5.74, 6) is 0. The van der Waals surface area contributed by atoms with Gasteiger partial charge in [-0.2, -0.15) is 12.7 Å². The zero-order valence-corrected chi connectivity index (χ0v) is 21.4. The van der Waals surface area contributed by atoms with Crippen molar-refractivity contribution in [1.82, 2.24) is 8.28 Å². The lowest BCUT2D eigenvalue weighted by Crippen LogP contribution is -3.00. The summed E-state index contributed by atoms with van der Waals surface area (Å²) in [4.78, 5) is 0. The van der Waals surface area contributed by atoms with Crippen molar-refractivity contribution in [2.75, 3.05) is 14.1 Å². The molecule has 1 aromatic heterocycles. The SMILES string of the molecule is CCCCCCCCCCCC[n+]1cc(-c2ccccc2Cl)n(S(=O)(=O)N(C)C)c1.[Cl-]. The van der Waals surface area contributed by atoms with E-state index in [2.05, 4.69) is 6.92 Å². The fourth-order valence-corrected chi connectivity index (χ4v) is 4.78. The molecule has 0 saturated carbocycles. The van der Waals surface area contributed by atoms with Crippen molar-refractivity contribution in [2.45, 2.75) is 77.7 Å². The molecule has 31 heavy (non-hydrogen) atoms. The number of aryl methyl sites for hydroxylation is 1. The smallest absolute Gasteiger partial charge is 0.379 e. The lowest BCUT2D eigenvalue weighted by atomic mass is 10.1. The molecule has 1 aromatic carbocycles. The van der Waals surface area contributed by atoms with Crippen LogP contribution < -0.4 is 17.0 Å². The van der Waals surface area contributed by atoms with Crippen LogP contribution in [0.1, 0.15) is 71.1 Å². The number of halogens is 2. The first-order valence-electron chi connectivity index (χ1n) is 11.2. The van der Waals surface area contributed by atoms with Crippen LogP contribution in [0.25, 0.3) is 11.3 Å². The lowest BCUT2D eigenvalue weighted by Gasteiger charge is -2.09. The van der Waals surface area contributed by atoms with Crippen LogP contribution in [0.2, 0.25) is 5.02 Å². The van der Waals surface area contributed by atoms with Crippen molar-refractivity contribution in [3.8, 4) is 11.3 Å². The fraction of sp³-hybridized carbons (Fsp3) is 0.609. The van der Waals surface area contributed by atoms with E-state index in [0.717, 1.165) is 19.4 Å². The molecule has 0 saturated heterocycles. The highest BCUT2D eigenvalue weighted by atomic mass is 35.5. The third-order valence-electron chi connectivity index (χ3n) is 5.41. The molecule has 0 bridgehead atoms. The van der Waals surface area contributed by atoms with Crippen LogP contribution in [-0.4, -0.2) is 30.8 Å². The molecular formula is C23H37Cl2N3O2S. The Kier molecular flexibility index (Phi) is 12.8. The summed E-state index contributed by atoms with van der Waals surface area (Å²) >= 11 is 6.35. The molecule has 0 radical (unpaired) electrons. The topological polar surface area (TPSA) is 46.2 Å². The molecular weight excluding hydrogens is 453 g/mol. The van der Waals surface area contributed by atoms with Gasteiger partial charge in [-0.25, -0.2) is 4.57 Å². The van der Waals surface area contributed by atoms with Gasteiger partial charge in [-0.05, 0) is 25.0 Å². The number of nitrogens with zero attached hydrogens (tertiary/aromatic N) is 3. The third kappa shape index (κ3) is 8.41. The number of rotatable bonds is 14. The second-order valence-electron chi connectivity index (χ2n) is 8.12. The molecule has 8 heteroatoms. The molecule has 2 aromatic rings. The maximum Gasteiger partial charge on any atom is 0.379 e. The molecule has 2 rings (SSSR count). The number of aromatic nitrogens is 2. The summed E-state index contributed by atoms with van der Waals surface area (Å²) in [6, 6.07) is 7.35. The Labute approximate surface area is 200 Å². The summed E-state index contributed by atoms with van der Waals surface area (Å²) < 4.78 is 30.2. The van der Waals surface area contributed by atoms with Crippen LogP contribution in [0, 0.1) is 0 Å². The van der Waals surface area contributed by atoms with Crippen molar-refractivity contribution in [2.24, 2.45) is 0 Å². The molecule has 0 amide bonds. The summed E-state index contributed by atoms with van der Waals surface area (Å²) in [6.45, 7) is 3.05. The number of hydrogen-bond acceptors (Lipinski definition) is 2. The standard InChI is InChI=1S/C23H37ClN3O2S.ClH/c1-4-5-6-7-8-9-10-11-12-15-18-26-19-23(21-16-13-14-17-22(21)24)27(20-26)30(28,29)25(2)3;/h13-14,16-17,19-20H,4-12,15,18H2,1-3H3;1H/q+1;/p-1. The predicted octanol–water partition coefficient (Wildman–Crippen LogP) is 2.68. The van der Waals surface area contributed by atoms with Crippen LogP contribution in [0.3, 0.4) is 0 Å². The highest BCUT2D eigenvalue weighted by Crippen LogP contribution is 2.28. The van der Waals surface area contributed by atoms with Gasteiger partial charge in [-0.15, -0.1) is 3.97 Å². The van der Waals surface area contributed by atoms with Gasteiger partial charge in [0.05, 0.1) is 11.6 Å². The zero-order chi connectivity index (χ0) is 22.0. The van der Waals surface area contributed by atoms with Gasteiger partial charge in [-0.3, -0.25) is 0 Å². The fourth-order valence-electron chi connectivity index (χ4n) is 3.57. The zero-order valence-electron chi connectivity index (χ0n) is 19.1. The van der Waals surface area contributed by atoms with E-state index in [0.29, 0.717) is 16.3 Å². The monoisotopic (exact) mass is 489 g/mol. The Bertz CT molecular complexity index is 883. The van der Waals surface area contributed by atoms with Gasteiger partial charge in [0.1, 0.15) is 6.20 Å². The molecule has 0 N–H and O–H groups in total. The van der Waals surface area contributed by atoms with Gasteiger partial charge in [0, 0.05) is 19.7 Å². The van der Waals surface area contributed by atoms with Gasteiger partial charge in [0.25, 0.3) is 6.33 Å². The van der Waals surface area contributed by atoms with E-state index in [1.807, 2.05) is 29.0 Å². The predicted molar refractivity (Wildman–Crippen MR) is 125 cm³/mol. The van der Waals surface area contributed by atoms with Crippen LogP contribution in [0.4, 0.5) is 0 Å². The maximum atomic E-state index is 12.8. The molecule has 0 fully saturated rings. The van der Waals surface area contributed by atoms with Gasteiger partial charge in [0.15, 0.2) is 5.69 Å². The number of hydrogen-bond donors (Lipinski definition) is 0. The lowest BCUT2D eigenvalue weighted by molar-refractivity contribution is -0.696. The Hall–Kier alpha value is -1.08. The van der Waals surface area contributed by atoms with Gasteiger partial charge < -0.3 is 12.4 Å². The first-order chi connectivity index (χ1) is 14.4. The van der Waals surface area contributed by atoms with Gasteiger partial charge in [0.2, 0.25) is 0 Å². The minimum Gasteiger partial charge on any atom is -1.00 e. The molecule has 5 nitrogen and oxygen atoms in total. The van der Waals surface area contributed by atoms with Gasteiger partial charge >= 0.3 is 10.2 Å². The van der Waals surface area contributed by atoms with Gasteiger partial charge in [-0.1, -0.05) is 82.0 Å². The summed E-state index contributed by atoms with van der Waals surface area (Å²) in [5, 5.41) is 0.539. The van der Waals surface area contributed by atoms with Crippen LogP contribution >= 0.6 is 11.6 Å². The van der Waals surface area contributed by atoms with E-state index < -0.39 is 10.2 Å². The largest absolute Gasteiger partial charge is 1.00 e. The second-order valence-corrected chi connectivity index (χ2v) is 10.5. The van der Waals surface area contributed by atoms with Crippen LogP contribution in [0.5, 0.6) is 0 Å². The Morgan fingerprint density at radius 1 is 0.935 bits per heavy atom. The highest BCUT2D eigenvalue weighted by molar-refractivity contribution is 7.87. The van der Waals surface area contributed by atoms with E-state index in [1.54, 1.807) is 12.4 Å². The molecule has 0 unspecified atom stereocenters. The number of imidazole rings is 1. The highest BCUT2D eigenvalue weighted by Gasteiger charge is 2.29. The summed E-state index contributed by atoms with van der Waals surface area (Å²) in [6.07, 6.45) is 16.3. The van der Waals surface area contributed by atoms with E-state index in [9.17, 15) is 8.42 Å². The molecule has 0 spiro atoms. The van der Waals surface area contributed by atoms with Crippen molar-refractivity contribution >= 4 is 21.8 Å². The quantitative estimate of drug-likeness (QED) is 0.302. The first-order valence-corrected chi connectivity index (χ1v) is 12.9.